The van der Waals surface area contributed by atoms with Crippen molar-refractivity contribution in [1.29, 1.82) is 0 Å². The summed E-state index contributed by atoms with van der Waals surface area (Å²) in [6, 6.07) is 8.92. The molecule has 1 rings (SSSR count). The largest absolute Gasteiger partial charge is 0.396 e. The maximum atomic E-state index is 11.9. The van der Waals surface area contributed by atoms with Gasteiger partial charge in [0.25, 0.3) is 0 Å². The zero-order valence-corrected chi connectivity index (χ0v) is 13.0. The molecule has 5 heteroatoms. The number of rotatable bonds is 11. The molecule has 1 unspecified atom stereocenters. The molecule has 1 amide bonds. The second-order valence-electron chi connectivity index (χ2n) is 5.44. The van der Waals surface area contributed by atoms with E-state index < -0.39 is 6.04 Å². The molecule has 1 atom stereocenters. The lowest BCUT2D eigenvalue weighted by molar-refractivity contribution is -0.126. The van der Waals surface area contributed by atoms with E-state index in [4.69, 9.17) is 10.8 Å². The van der Waals surface area contributed by atoms with Crippen molar-refractivity contribution in [1.82, 2.24) is 5.32 Å². The molecular weight excluding hydrogens is 280 g/mol. The van der Waals surface area contributed by atoms with Crippen LogP contribution in [0.5, 0.6) is 0 Å². The monoisotopic (exact) mass is 306 g/mol. The van der Waals surface area contributed by atoms with Gasteiger partial charge in [0.2, 0.25) is 5.91 Å². The topological polar surface area (TPSA) is 92.4 Å². The summed E-state index contributed by atoms with van der Waals surface area (Å²) in [6.45, 7) is 0.241. The van der Waals surface area contributed by atoms with Gasteiger partial charge in [0.1, 0.15) is 0 Å². The van der Waals surface area contributed by atoms with E-state index >= 15 is 0 Å². The molecule has 1 aromatic rings. The standard InChI is InChI=1S/C17H26N2O3/c18-16(12-14-8-4-3-5-9-14)17(22)19-13-15(21)10-6-1-2-7-11-20/h3-5,8-9,16,20H,1-2,6-7,10-13,18H2,(H,19,22). The molecule has 0 aromatic heterocycles. The fraction of sp³-hybridized carbons (Fsp3) is 0.529. The van der Waals surface area contributed by atoms with E-state index in [-0.39, 0.29) is 24.8 Å². The molecule has 0 radical (unpaired) electrons. The van der Waals surface area contributed by atoms with E-state index in [1.807, 2.05) is 30.3 Å². The predicted molar refractivity (Wildman–Crippen MR) is 86.3 cm³/mol. The number of carbonyl (C=O) groups excluding carboxylic acids is 2. The summed E-state index contributed by atoms with van der Waals surface area (Å²) < 4.78 is 0. The van der Waals surface area contributed by atoms with Crippen molar-refractivity contribution in [3.05, 3.63) is 35.9 Å². The Hall–Kier alpha value is -1.72. The Morgan fingerprint density at radius 2 is 1.77 bits per heavy atom. The Labute approximate surface area is 131 Å². The summed E-state index contributed by atoms with van der Waals surface area (Å²) in [5, 5.41) is 11.3. The maximum absolute atomic E-state index is 11.9. The van der Waals surface area contributed by atoms with Crippen LogP contribution < -0.4 is 11.1 Å². The first kappa shape index (κ1) is 18.3. The van der Waals surface area contributed by atoms with E-state index in [9.17, 15) is 9.59 Å². The SMILES string of the molecule is NC(Cc1ccccc1)C(=O)NCC(=O)CCCCCCO. The first-order chi connectivity index (χ1) is 10.6. The quantitative estimate of drug-likeness (QED) is 0.535. The van der Waals surface area contributed by atoms with Gasteiger partial charge in [-0.2, -0.15) is 0 Å². The number of ketones is 1. The molecule has 0 saturated carbocycles. The van der Waals surface area contributed by atoms with Gasteiger partial charge in [0.15, 0.2) is 5.78 Å². The molecule has 0 aliphatic carbocycles. The number of amides is 1. The minimum atomic E-state index is -0.639. The highest BCUT2D eigenvalue weighted by atomic mass is 16.3. The summed E-state index contributed by atoms with van der Waals surface area (Å²) in [4.78, 5) is 23.5. The normalized spacial score (nSPS) is 11.9. The fourth-order valence-corrected chi connectivity index (χ4v) is 2.15. The highest BCUT2D eigenvalue weighted by Gasteiger charge is 2.14. The maximum Gasteiger partial charge on any atom is 0.237 e. The van der Waals surface area contributed by atoms with Crippen molar-refractivity contribution < 1.29 is 14.7 Å². The Balaban J connectivity index is 2.17. The molecule has 0 heterocycles. The van der Waals surface area contributed by atoms with Crippen LogP contribution in [0.25, 0.3) is 0 Å². The fourth-order valence-electron chi connectivity index (χ4n) is 2.15. The van der Waals surface area contributed by atoms with Crippen molar-refractivity contribution in [2.75, 3.05) is 13.2 Å². The molecule has 0 fully saturated rings. The molecule has 22 heavy (non-hydrogen) atoms. The minimum Gasteiger partial charge on any atom is -0.396 e. The van der Waals surface area contributed by atoms with Crippen LogP contribution in [-0.4, -0.2) is 36.0 Å². The van der Waals surface area contributed by atoms with Gasteiger partial charge in [0.05, 0.1) is 12.6 Å². The highest BCUT2D eigenvalue weighted by Crippen LogP contribution is 2.03. The third kappa shape index (κ3) is 7.90. The Bertz CT molecular complexity index is 448. The van der Waals surface area contributed by atoms with Crippen LogP contribution in [0.15, 0.2) is 30.3 Å². The molecule has 0 spiro atoms. The van der Waals surface area contributed by atoms with Crippen molar-refractivity contribution in [2.45, 2.75) is 44.6 Å². The van der Waals surface area contributed by atoms with Crippen LogP contribution >= 0.6 is 0 Å². The number of hydrogen-bond donors (Lipinski definition) is 3. The van der Waals surface area contributed by atoms with Gasteiger partial charge in [-0.1, -0.05) is 43.2 Å². The van der Waals surface area contributed by atoms with Gasteiger partial charge >= 0.3 is 0 Å². The van der Waals surface area contributed by atoms with Crippen LogP contribution in [0, 0.1) is 0 Å². The molecule has 4 N–H and O–H groups in total. The van der Waals surface area contributed by atoms with Crippen molar-refractivity contribution in [3.63, 3.8) is 0 Å². The van der Waals surface area contributed by atoms with Crippen LogP contribution in [0.2, 0.25) is 0 Å². The number of unbranched alkanes of at least 4 members (excludes halogenated alkanes) is 3. The lowest BCUT2D eigenvalue weighted by Gasteiger charge is -2.12. The molecule has 0 saturated heterocycles. The average molecular weight is 306 g/mol. The molecule has 0 aliphatic heterocycles. The number of Topliss-reactive ketones (excluding diaryl/α,β-unsaturated/α-hetero) is 1. The van der Waals surface area contributed by atoms with Crippen LogP contribution in [-0.2, 0) is 16.0 Å². The summed E-state index contributed by atoms with van der Waals surface area (Å²) >= 11 is 0. The zero-order valence-electron chi connectivity index (χ0n) is 13.0. The Morgan fingerprint density at radius 3 is 2.45 bits per heavy atom. The third-order valence-electron chi connectivity index (χ3n) is 3.46. The minimum absolute atomic E-state index is 0.0178. The molecule has 5 nitrogen and oxygen atoms in total. The number of nitrogens with one attached hydrogen (secondary N) is 1. The first-order valence-corrected chi connectivity index (χ1v) is 7.83. The number of nitrogens with two attached hydrogens (primary N) is 1. The van der Waals surface area contributed by atoms with Gasteiger partial charge < -0.3 is 16.2 Å². The Kier molecular flexibility index (Phi) is 9.11. The number of hydrogen-bond acceptors (Lipinski definition) is 4. The Morgan fingerprint density at radius 1 is 1.09 bits per heavy atom. The van der Waals surface area contributed by atoms with Gasteiger partial charge in [-0.25, -0.2) is 0 Å². The van der Waals surface area contributed by atoms with Gasteiger partial charge in [-0.15, -0.1) is 0 Å². The van der Waals surface area contributed by atoms with Crippen LogP contribution in [0.1, 0.15) is 37.7 Å². The number of carbonyl (C=O) groups is 2. The van der Waals surface area contributed by atoms with Gasteiger partial charge in [-0.3, -0.25) is 9.59 Å². The molecule has 0 bridgehead atoms. The molecular formula is C17H26N2O3. The van der Waals surface area contributed by atoms with E-state index in [1.165, 1.54) is 0 Å². The smallest absolute Gasteiger partial charge is 0.237 e. The summed E-state index contributed by atoms with van der Waals surface area (Å²) in [7, 11) is 0. The molecule has 122 valence electrons. The zero-order chi connectivity index (χ0) is 16.2. The number of aliphatic hydroxyl groups excluding tert-OH is 1. The van der Waals surface area contributed by atoms with Crippen LogP contribution in [0.3, 0.4) is 0 Å². The second-order valence-corrected chi connectivity index (χ2v) is 5.44. The average Bonchev–Trinajstić information content (AvgIpc) is 2.53. The highest BCUT2D eigenvalue weighted by molar-refractivity contribution is 5.88. The number of aliphatic hydroxyl groups is 1. The lowest BCUT2D eigenvalue weighted by atomic mass is 10.1. The second kappa shape index (κ2) is 10.9. The van der Waals surface area contributed by atoms with E-state index in [2.05, 4.69) is 5.32 Å². The molecule has 1 aromatic carbocycles. The summed E-state index contributed by atoms with van der Waals surface area (Å²) in [5.41, 5.74) is 6.84. The van der Waals surface area contributed by atoms with Crippen molar-refractivity contribution >= 4 is 11.7 Å². The van der Waals surface area contributed by atoms with Gasteiger partial charge in [0, 0.05) is 13.0 Å². The number of benzene rings is 1. The van der Waals surface area contributed by atoms with E-state index in [0.717, 1.165) is 31.2 Å². The predicted octanol–water partition coefficient (Wildman–Crippen LogP) is 1.18. The third-order valence-corrected chi connectivity index (χ3v) is 3.46. The summed E-state index contributed by atoms with van der Waals surface area (Å²) in [5.74, 6) is -0.276. The summed E-state index contributed by atoms with van der Waals surface area (Å²) in [6.07, 6.45) is 4.34. The van der Waals surface area contributed by atoms with E-state index in [1.54, 1.807) is 0 Å². The molecule has 0 aliphatic rings. The first-order valence-electron chi connectivity index (χ1n) is 7.83. The van der Waals surface area contributed by atoms with Crippen molar-refractivity contribution in [2.24, 2.45) is 5.73 Å². The van der Waals surface area contributed by atoms with Crippen LogP contribution in [0.4, 0.5) is 0 Å². The lowest BCUT2D eigenvalue weighted by Crippen LogP contribution is -2.43. The van der Waals surface area contributed by atoms with Gasteiger partial charge in [-0.05, 0) is 24.8 Å². The van der Waals surface area contributed by atoms with Crippen molar-refractivity contribution in [3.8, 4) is 0 Å². The van der Waals surface area contributed by atoms with E-state index in [0.29, 0.717) is 12.8 Å².